The Hall–Kier alpha value is -2.80. The molecule has 126 valence electrons. The normalized spacial score (nSPS) is 11.6. The number of hydrogen-bond donors (Lipinski definition) is 3. The van der Waals surface area contributed by atoms with Gasteiger partial charge in [-0.1, -0.05) is 20.8 Å². The summed E-state index contributed by atoms with van der Waals surface area (Å²) in [6.45, 7) is 7.90. The smallest absolute Gasteiger partial charge is 0.283 e. The van der Waals surface area contributed by atoms with Crippen LogP contribution in [0.4, 0.5) is 11.5 Å². The second-order valence-electron chi connectivity index (χ2n) is 5.88. The van der Waals surface area contributed by atoms with E-state index in [1.165, 1.54) is 0 Å². The van der Waals surface area contributed by atoms with Gasteiger partial charge >= 0.3 is 0 Å². The summed E-state index contributed by atoms with van der Waals surface area (Å²) in [6, 6.07) is 2.06. The molecule has 0 atom stereocenters. The van der Waals surface area contributed by atoms with Crippen molar-refractivity contribution >= 4 is 23.7 Å². The molecule has 24 heavy (non-hydrogen) atoms. The van der Waals surface area contributed by atoms with Crippen LogP contribution in [0.3, 0.4) is 0 Å². The lowest BCUT2D eigenvalue weighted by molar-refractivity contribution is 0.326. The van der Waals surface area contributed by atoms with Crippen LogP contribution in [0.15, 0.2) is 15.0 Å². The molecule has 0 fully saturated rings. The number of rotatable bonds is 4. The van der Waals surface area contributed by atoms with Crippen molar-refractivity contribution in [2.45, 2.75) is 33.1 Å². The Morgan fingerprint density at radius 1 is 1.33 bits per heavy atom. The highest BCUT2D eigenvalue weighted by Crippen LogP contribution is 2.30. The Balaban J connectivity index is 2.51. The zero-order chi connectivity index (χ0) is 17.9. The molecule has 0 aliphatic carbocycles. The van der Waals surface area contributed by atoms with Gasteiger partial charge in [-0.15, -0.1) is 10.2 Å². The molecule has 0 aromatic carbocycles. The highest BCUT2D eigenvalue weighted by molar-refractivity contribution is 7.71. The number of nitrogens with zero attached hydrogens (tertiary/aromatic N) is 4. The van der Waals surface area contributed by atoms with Crippen molar-refractivity contribution in [3.05, 3.63) is 26.4 Å². The van der Waals surface area contributed by atoms with Crippen LogP contribution in [0.1, 0.15) is 39.0 Å². The number of ether oxygens (including phenoxy) is 1. The van der Waals surface area contributed by atoms with Crippen molar-refractivity contribution < 1.29 is 4.74 Å². The second-order valence-corrected chi connectivity index (χ2v) is 6.29. The van der Waals surface area contributed by atoms with Crippen molar-refractivity contribution in [3.63, 3.8) is 0 Å². The van der Waals surface area contributed by atoms with Crippen LogP contribution in [0.25, 0.3) is 0 Å². The van der Waals surface area contributed by atoms with Crippen LogP contribution >= 0.6 is 12.2 Å². The van der Waals surface area contributed by atoms with E-state index in [4.69, 9.17) is 17.0 Å². The first-order chi connectivity index (χ1) is 11.3. The minimum atomic E-state index is -0.545. The van der Waals surface area contributed by atoms with Crippen LogP contribution in [0.2, 0.25) is 0 Å². The van der Waals surface area contributed by atoms with Crippen LogP contribution in [0, 0.1) is 16.1 Å². The summed E-state index contributed by atoms with van der Waals surface area (Å²) < 4.78 is 5.43. The third-order valence-electron chi connectivity index (χ3n) is 3.03. The summed E-state index contributed by atoms with van der Waals surface area (Å²) in [5.74, 6) is 0.215. The molecule has 2 aromatic rings. The summed E-state index contributed by atoms with van der Waals surface area (Å²) in [7, 11) is 0. The average molecular weight is 347 g/mol. The van der Waals surface area contributed by atoms with Gasteiger partial charge in [-0.05, 0) is 19.1 Å². The molecule has 0 spiro atoms. The minimum Gasteiger partial charge on any atom is -0.478 e. The molecular formula is C14H17N7O2S. The van der Waals surface area contributed by atoms with Crippen LogP contribution in [0.5, 0.6) is 5.88 Å². The highest BCUT2D eigenvalue weighted by atomic mass is 32.1. The van der Waals surface area contributed by atoms with Crippen molar-refractivity contribution in [3.8, 4) is 11.9 Å². The molecule has 0 bridgehead atoms. The van der Waals surface area contributed by atoms with E-state index in [1.807, 2.05) is 20.8 Å². The standard InChI is InChI=1S/C14H17N7O2S/c1-5-23-12-8(11(22)16-13(24)17-12)18-20-10-7(6-15)9(19-21-10)14(2,3)4/h5H2,1-4H3,(H,19,21)(H2,16,17,22,24)/b20-18+. The molecule has 9 nitrogen and oxygen atoms in total. The van der Waals surface area contributed by atoms with E-state index in [9.17, 15) is 10.1 Å². The number of nitriles is 1. The van der Waals surface area contributed by atoms with Gasteiger partial charge in [0.1, 0.15) is 11.6 Å². The largest absolute Gasteiger partial charge is 0.478 e. The van der Waals surface area contributed by atoms with Crippen molar-refractivity contribution in [2.24, 2.45) is 10.2 Å². The van der Waals surface area contributed by atoms with Gasteiger partial charge in [0, 0.05) is 5.41 Å². The monoisotopic (exact) mass is 347 g/mol. The number of aromatic nitrogens is 4. The van der Waals surface area contributed by atoms with Gasteiger partial charge in [-0.2, -0.15) is 10.4 Å². The van der Waals surface area contributed by atoms with Gasteiger partial charge in [-0.3, -0.25) is 14.9 Å². The summed E-state index contributed by atoms with van der Waals surface area (Å²) >= 11 is 4.90. The average Bonchev–Trinajstić information content (AvgIpc) is 2.89. The lowest BCUT2D eigenvalue weighted by Crippen LogP contribution is -2.13. The fraction of sp³-hybridized carbons (Fsp3) is 0.429. The molecule has 0 unspecified atom stereocenters. The first-order valence-corrected chi connectivity index (χ1v) is 7.58. The van der Waals surface area contributed by atoms with Crippen LogP contribution < -0.4 is 10.3 Å². The maximum absolute atomic E-state index is 12.0. The minimum absolute atomic E-state index is 0.0744. The number of aromatic amines is 3. The Labute approximate surface area is 142 Å². The molecule has 10 heteroatoms. The van der Waals surface area contributed by atoms with E-state index >= 15 is 0 Å². The molecule has 2 aromatic heterocycles. The third kappa shape index (κ3) is 3.57. The van der Waals surface area contributed by atoms with Gasteiger partial charge in [0.05, 0.1) is 12.3 Å². The zero-order valence-electron chi connectivity index (χ0n) is 13.7. The summed E-state index contributed by atoms with van der Waals surface area (Å²) in [6.07, 6.45) is 0. The predicted octanol–water partition coefficient (Wildman–Crippen LogP) is 3.14. The maximum Gasteiger partial charge on any atom is 0.283 e. The van der Waals surface area contributed by atoms with Gasteiger partial charge in [0.25, 0.3) is 5.56 Å². The molecule has 0 amide bonds. The molecule has 0 radical (unpaired) electrons. The Morgan fingerprint density at radius 3 is 2.62 bits per heavy atom. The lowest BCUT2D eigenvalue weighted by atomic mass is 9.90. The molecular weight excluding hydrogens is 330 g/mol. The Kier molecular flexibility index (Phi) is 4.94. The summed E-state index contributed by atoms with van der Waals surface area (Å²) in [5, 5.41) is 24.0. The number of H-pyrrole nitrogens is 3. The number of nitrogens with one attached hydrogen (secondary N) is 3. The van der Waals surface area contributed by atoms with E-state index in [-0.39, 0.29) is 33.1 Å². The Morgan fingerprint density at radius 2 is 2.04 bits per heavy atom. The fourth-order valence-corrected chi connectivity index (χ4v) is 2.13. The molecule has 0 aliphatic rings. The Bertz CT molecular complexity index is 924. The molecule has 2 rings (SSSR count). The van der Waals surface area contributed by atoms with Crippen LogP contribution in [-0.2, 0) is 5.41 Å². The first-order valence-electron chi connectivity index (χ1n) is 7.18. The quantitative estimate of drug-likeness (QED) is 0.576. The van der Waals surface area contributed by atoms with Gasteiger partial charge in [-0.25, -0.2) is 0 Å². The first kappa shape index (κ1) is 17.6. The van der Waals surface area contributed by atoms with E-state index in [0.717, 1.165) is 0 Å². The van der Waals surface area contributed by atoms with E-state index in [0.29, 0.717) is 12.3 Å². The fourth-order valence-electron chi connectivity index (χ4n) is 1.95. The summed E-state index contributed by atoms with van der Waals surface area (Å²) in [4.78, 5) is 17.1. The van der Waals surface area contributed by atoms with E-state index < -0.39 is 5.56 Å². The molecule has 2 heterocycles. The highest BCUT2D eigenvalue weighted by Gasteiger charge is 2.24. The topological polar surface area (TPSA) is 135 Å². The van der Waals surface area contributed by atoms with Gasteiger partial charge in [0.2, 0.25) is 17.4 Å². The SMILES string of the molecule is CCOc1[nH]c(=S)[nH]c(=O)c1/N=N/c1n[nH]c(C(C)(C)C)c1C#N. The predicted molar refractivity (Wildman–Crippen MR) is 89.6 cm³/mol. The number of hydrogen-bond acceptors (Lipinski definition) is 7. The van der Waals surface area contributed by atoms with E-state index in [1.54, 1.807) is 6.92 Å². The van der Waals surface area contributed by atoms with Crippen molar-refractivity contribution in [2.75, 3.05) is 6.61 Å². The van der Waals surface area contributed by atoms with Crippen molar-refractivity contribution in [1.82, 2.24) is 20.2 Å². The second kappa shape index (κ2) is 6.76. The lowest BCUT2D eigenvalue weighted by Gasteiger charge is -2.15. The van der Waals surface area contributed by atoms with Crippen molar-refractivity contribution in [1.29, 1.82) is 5.26 Å². The maximum atomic E-state index is 12.0. The van der Waals surface area contributed by atoms with Gasteiger partial charge < -0.3 is 9.72 Å². The molecule has 0 saturated carbocycles. The van der Waals surface area contributed by atoms with Gasteiger partial charge in [0.15, 0.2) is 4.77 Å². The molecule has 0 saturated heterocycles. The molecule has 0 aliphatic heterocycles. The summed E-state index contributed by atoms with van der Waals surface area (Å²) in [5.41, 5.74) is -0.00193. The third-order valence-corrected chi connectivity index (χ3v) is 3.23. The molecule has 3 N–H and O–H groups in total. The van der Waals surface area contributed by atoms with E-state index in [2.05, 4.69) is 36.5 Å². The number of azo groups is 1. The van der Waals surface area contributed by atoms with Crippen LogP contribution in [-0.4, -0.2) is 26.8 Å². The zero-order valence-corrected chi connectivity index (χ0v) is 14.5.